The molecule has 1 aromatic rings. The number of hydrogen-bond acceptors (Lipinski definition) is 1. The van der Waals surface area contributed by atoms with E-state index in [4.69, 9.17) is 4.74 Å². The minimum absolute atomic E-state index is 0.196. The van der Waals surface area contributed by atoms with Crippen molar-refractivity contribution in [2.24, 2.45) is 5.92 Å². The minimum atomic E-state index is 0.196. The summed E-state index contributed by atoms with van der Waals surface area (Å²) in [5.41, 5.74) is 2.97. The SMILES string of the molecule is COc1ccc(C(C)(C)C)cc1C(CBr)C1CC1. The maximum atomic E-state index is 5.55. The first-order valence-electron chi connectivity index (χ1n) is 6.71. The lowest BCUT2D eigenvalue weighted by Crippen LogP contribution is -2.13. The fourth-order valence-corrected chi connectivity index (χ4v) is 3.33. The highest BCUT2D eigenvalue weighted by Crippen LogP contribution is 2.46. The van der Waals surface area contributed by atoms with Gasteiger partial charge in [-0.3, -0.25) is 0 Å². The van der Waals surface area contributed by atoms with Gasteiger partial charge in [-0.15, -0.1) is 0 Å². The minimum Gasteiger partial charge on any atom is -0.496 e. The zero-order chi connectivity index (χ0) is 13.3. The zero-order valence-corrected chi connectivity index (χ0v) is 13.4. The molecule has 1 aromatic carbocycles. The van der Waals surface area contributed by atoms with E-state index in [1.807, 2.05) is 0 Å². The van der Waals surface area contributed by atoms with Gasteiger partial charge in [0.2, 0.25) is 0 Å². The molecular formula is C16H23BrO. The van der Waals surface area contributed by atoms with Crippen LogP contribution in [0, 0.1) is 5.92 Å². The predicted molar refractivity (Wildman–Crippen MR) is 81.0 cm³/mol. The molecule has 1 aliphatic carbocycles. The molecule has 0 heterocycles. The van der Waals surface area contributed by atoms with Gasteiger partial charge in [-0.1, -0.05) is 48.8 Å². The highest BCUT2D eigenvalue weighted by molar-refractivity contribution is 9.09. The van der Waals surface area contributed by atoms with Gasteiger partial charge in [-0.25, -0.2) is 0 Å². The smallest absolute Gasteiger partial charge is 0.122 e. The van der Waals surface area contributed by atoms with Gasteiger partial charge in [-0.05, 0) is 41.4 Å². The zero-order valence-electron chi connectivity index (χ0n) is 11.8. The number of halogens is 1. The van der Waals surface area contributed by atoms with Crippen LogP contribution in [0.15, 0.2) is 18.2 Å². The summed E-state index contributed by atoms with van der Waals surface area (Å²) in [7, 11) is 1.77. The molecule has 1 saturated carbocycles. The van der Waals surface area contributed by atoms with Crippen LogP contribution < -0.4 is 4.74 Å². The molecule has 0 aromatic heterocycles. The van der Waals surface area contributed by atoms with Crippen LogP contribution in [-0.2, 0) is 5.41 Å². The molecule has 0 bridgehead atoms. The second kappa shape index (κ2) is 5.24. The molecule has 0 N–H and O–H groups in total. The molecule has 1 nitrogen and oxygen atoms in total. The van der Waals surface area contributed by atoms with Crippen LogP contribution in [0.25, 0.3) is 0 Å². The van der Waals surface area contributed by atoms with Crippen LogP contribution in [0.2, 0.25) is 0 Å². The van der Waals surface area contributed by atoms with Crippen molar-refractivity contribution in [1.82, 2.24) is 0 Å². The van der Waals surface area contributed by atoms with E-state index < -0.39 is 0 Å². The van der Waals surface area contributed by atoms with Crippen molar-refractivity contribution in [1.29, 1.82) is 0 Å². The van der Waals surface area contributed by atoms with E-state index in [0.29, 0.717) is 5.92 Å². The molecule has 100 valence electrons. The Labute approximate surface area is 119 Å². The Morgan fingerprint density at radius 3 is 2.44 bits per heavy atom. The summed E-state index contributed by atoms with van der Waals surface area (Å²) in [5.74, 6) is 2.48. The Morgan fingerprint density at radius 2 is 2.00 bits per heavy atom. The summed E-state index contributed by atoms with van der Waals surface area (Å²) in [6.45, 7) is 6.79. The topological polar surface area (TPSA) is 9.23 Å². The maximum absolute atomic E-state index is 5.55. The quantitative estimate of drug-likeness (QED) is 0.720. The first kappa shape index (κ1) is 13.9. The van der Waals surface area contributed by atoms with Gasteiger partial charge < -0.3 is 4.74 Å². The van der Waals surface area contributed by atoms with E-state index >= 15 is 0 Å². The number of rotatable bonds is 4. The molecule has 2 heteroatoms. The van der Waals surface area contributed by atoms with E-state index in [0.717, 1.165) is 17.0 Å². The number of methoxy groups -OCH3 is 1. The fraction of sp³-hybridized carbons (Fsp3) is 0.625. The standard InChI is InChI=1S/C16H23BrO/c1-16(2,3)12-7-8-15(18-4)13(9-12)14(10-17)11-5-6-11/h7-9,11,14H,5-6,10H2,1-4H3. The molecule has 2 rings (SSSR count). The monoisotopic (exact) mass is 310 g/mol. The second-order valence-corrected chi connectivity index (χ2v) is 6.95. The van der Waals surface area contributed by atoms with E-state index in [-0.39, 0.29) is 5.41 Å². The Bertz CT molecular complexity index is 416. The first-order valence-corrected chi connectivity index (χ1v) is 7.84. The first-order chi connectivity index (χ1) is 8.47. The highest BCUT2D eigenvalue weighted by Gasteiger charge is 2.33. The number of ether oxygens (including phenoxy) is 1. The van der Waals surface area contributed by atoms with Gasteiger partial charge in [0.1, 0.15) is 5.75 Å². The summed E-state index contributed by atoms with van der Waals surface area (Å²) in [6.07, 6.45) is 2.72. The summed E-state index contributed by atoms with van der Waals surface area (Å²) in [6, 6.07) is 6.68. The lowest BCUT2D eigenvalue weighted by molar-refractivity contribution is 0.404. The molecule has 0 saturated heterocycles. The fourth-order valence-electron chi connectivity index (χ4n) is 2.45. The van der Waals surface area contributed by atoms with Crippen molar-refractivity contribution in [3.63, 3.8) is 0 Å². The van der Waals surface area contributed by atoms with Crippen molar-refractivity contribution >= 4 is 15.9 Å². The second-order valence-electron chi connectivity index (χ2n) is 6.30. The summed E-state index contributed by atoms with van der Waals surface area (Å²) < 4.78 is 5.55. The van der Waals surface area contributed by atoms with Gasteiger partial charge >= 0.3 is 0 Å². The summed E-state index contributed by atoms with van der Waals surface area (Å²) in [4.78, 5) is 0. The van der Waals surface area contributed by atoms with Crippen LogP contribution in [0.3, 0.4) is 0 Å². The molecule has 18 heavy (non-hydrogen) atoms. The van der Waals surface area contributed by atoms with Crippen molar-refractivity contribution in [3.8, 4) is 5.75 Å². The lowest BCUT2D eigenvalue weighted by Gasteiger charge is -2.24. The molecule has 0 spiro atoms. The molecule has 1 unspecified atom stereocenters. The predicted octanol–water partition coefficient (Wildman–Crippen LogP) is 4.88. The normalized spacial score (nSPS) is 17.6. The van der Waals surface area contributed by atoms with E-state index in [9.17, 15) is 0 Å². The largest absolute Gasteiger partial charge is 0.496 e. The van der Waals surface area contributed by atoms with Crippen molar-refractivity contribution in [2.45, 2.75) is 44.9 Å². The molecule has 0 amide bonds. The van der Waals surface area contributed by atoms with E-state index in [2.05, 4.69) is 54.9 Å². The van der Waals surface area contributed by atoms with Crippen LogP contribution in [0.5, 0.6) is 5.75 Å². The average molecular weight is 311 g/mol. The van der Waals surface area contributed by atoms with Crippen molar-refractivity contribution in [2.75, 3.05) is 12.4 Å². The van der Waals surface area contributed by atoms with Crippen LogP contribution in [0.1, 0.15) is 50.7 Å². The molecule has 1 aliphatic rings. The van der Waals surface area contributed by atoms with E-state index in [1.165, 1.54) is 24.0 Å². The average Bonchev–Trinajstić information content (AvgIpc) is 3.13. The Kier molecular flexibility index (Phi) is 4.05. The summed E-state index contributed by atoms with van der Waals surface area (Å²) in [5, 5.41) is 1.03. The number of alkyl halides is 1. The Hall–Kier alpha value is -0.500. The van der Waals surface area contributed by atoms with Crippen molar-refractivity contribution in [3.05, 3.63) is 29.3 Å². The molecule has 1 atom stereocenters. The Balaban J connectivity index is 2.41. The molecular weight excluding hydrogens is 288 g/mol. The van der Waals surface area contributed by atoms with E-state index in [1.54, 1.807) is 7.11 Å². The third-order valence-corrected chi connectivity index (χ3v) is 4.55. The van der Waals surface area contributed by atoms with Gasteiger partial charge in [0, 0.05) is 11.2 Å². The maximum Gasteiger partial charge on any atom is 0.122 e. The molecule has 0 aliphatic heterocycles. The number of benzene rings is 1. The lowest BCUT2D eigenvalue weighted by atomic mass is 9.83. The van der Waals surface area contributed by atoms with Gasteiger partial charge in [0.05, 0.1) is 7.11 Å². The Morgan fingerprint density at radius 1 is 1.33 bits per heavy atom. The third kappa shape index (κ3) is 2.90. The molecule has 1 fully saturated rings. The summed E-state index contributed by atoms with van der Waals surface area (Å²) >= 11 is 3.68. The van der Waals surface area contributed by atoms with Gasteiger partial charge in [-0.2, -0.15) is 0 Å². The number of hydrogen-bond donors (Lipinski definition) is 0. The van der Waals surface area contributed by atoms with Crippen LogP contribution in [0.4, 0.5) is 0 Å². The molecule has 0 radical (unpaired) electrons. The third-order valence-electron chi connectivity index (χ3n) is 3.85. The van der Waals surface area contributed by atoms with Gasteiger partial charge in [0.15, 0.2) is 0 Å². The van der Waals surface area contributed by atoms with Gasteiger partial charge in [0.25, 0.3) is 0 Å². The van der Waals surface area contributed by atoms with Crippen molar-refractivity contribution < 1.29 is 4.74 Å². The van der Waals surface area contributed by atoms with Crippen LogP contribution in [-0.4, -0.2) is 12.4 Å². The highest BCUT2D eigenvalue weighted by atomic mass is 79.9. The van der Waals surface area contributed by atoms with Crippen LogP contribution >= 0.6 is 15.9 Å².